The molecule has 7 heteroatoms. The van der Waals surface area contributed by atoms with E-state index in [1.807, 2.05) is 6.07 Å². The van der Waals surface area contributed by atoms with E-state index in [-0.39, 0.29) is 11.6 Å². The summed E-state index contributed by atoms with van der Waals surface area (Å²) in [6.45, 7) is 7.59. The molecule has 23 heavy (non-hydrogen) atoms. The zero-order valence-corrected chi connectivity index (χ0v) is 14.4. The van der Waals surface area contributed by atoms with Gasteiger partial charge in [0, 0.05) is 55.4 Å². The van der Waals surface area contributed by atoms with E-state index in [9.17, 15) is 4.39 Å². The molecule has 1 aromatic carbocycles. The summed E-state index contributed by atoms with van der Waals surface area (Å²) in [6.07, 6.45) is 0. The van der Waals surface area contributed by atoms with Gasteiger partial charge >= 0.3 is 0 Å². The van der Waals surface area contributed by atoms with Crippen LogP contribution < -0.4 is 14.5 Å². The molecule has 1 aliphatic heterocycles. The molecular formula is C16H21FN4OS. The van der Waals surface area contributed by atoms with E-state index in [4.69, 9.17) is 4.74 Å². The first-order valence-electron chi connectivity index (χ1n) is 7.75. The topological polar surface area (TPSA) is 41.5 Å². The van der Waals surface area contributed by atoms with Gasteiger partial charge in [0.25, 0.3) is 0 Å². The summed E-state index contributed by atoms with van der Waals surface area (Å²) in [7, 11) is 1.48. The molecular weight excluding hydrogens is 315 g/mol. The molecule has 1 saturated heterocycles. The van der Waals surface area contributed by atoms with Crippen LogP contribution in [0.25, 0.3) is 0 Å². The number of aromatic nitrogens is 2. The van der Waals surface area contributed by atoms with E-state index in [0.29, 0.717) is 5.92 Å². The van der Waals surface area contributed by atoms with Gasteiger partial charge in [0.1, 0.15) is 5.82 Å². The van der Waals surface area contributed by atoms with E-state index in [1.54, 1.807) is 6.07 Å². The second kappa shape index (κ2) is 6.70. The zero-order valence-electron chi connectivity index (χ0n) is 13.6. The standard InChI is InChI=1S/C16H21FN4OS/c1-11(2)15-18-16(23-19-15)21-8-6-20(7-9-21)12-4-5-14(22-3)13(17)10-12/h4-5,10-11H,6-9H2,1-3H3. The third-order valence-corrected chi connectivity index (χ3v) is 4.79. The Morgan fingerprint density at radius 3 is 2.43 bits per heavy atom. The molecule has 1 aromatic heterocycles. The zero-order chi connectivity index (χ0) is 16.4. The minimum Gasteiger partial charge on any atom is -0.494 e. The Bertz CT molecular complexity index is 668. The molecule has 1 aliphatic rings. The lowest BCUT2D eigenvalue weighted by Gasteiger charge is -2.35. The lowest BCUT2D eigenvalue weighted by molar-refractivity contribution is 0.386. The molecule has 3 rings (SSSR count). The first-order chi connectivity index (χ1) is 11.1. The average Bonchev–Trinajstić information content (AvgIpc) is 3.05. The van der Waals surface area contributed by atoms with Crippen LogP contribution in [0.5, 0.6) is 5.75 Å². The molecule has 2 heterocycles. The van der Waals surface area contributed by atoms with Gasteiger partial charge in [0.2, 0.25) is 5.13 Å². The van der Waals surface area contributed by atoms with Crippen molar-refractivity contribution in [3.05, 3.63) is 29.8 Å². The Hall–Kier alpha value is -1.89. The third-order valence-electron chi connectivity index (χ3n) is 4.00. The number of rotatable bonds is 4. The summed E-state index contributed by atoms with van der Waals surface area (Å²) >= 11 is 1.46. The van der Waals surface area contributed by atoms with Gasteiger partial charge in [-0.15, -0.1) is 0 Å². The average molecular weight is 336 g/mol. The number of anilines is 2. The predicted octanol–water partition coefficient (Wildman–Crippen LogP) is 3.14. The summed E-state index contributed by atoms with van der Waals surface area (Å²) in [5.74, 6) is 1.22. The minimum atomic E-state index is -0.321. The summed E-state index contributed by atoms with van der Waals surface area (Å²) in [5.41, 5.74) is 0.892. The van der Waals surface area contributed by atoms with Crippen LogP contribution in [0, 0.1) is 5.82 Å². The fourth-order valence-corrected chi connectivity index (χ4v) is 3.46. The quantitative estimate of drug-likeness (QED) is 0.858. The number of benzene rings is 1. The van der Waals surface area contributed by atoms with Gasteiger partial charge < -0.3 is 14.5 Å². The predicted molar refractivity (Wildman–Crippen MR) is 91.4 cm³/mol. The highest BCUT2D eigenvalue weighted by Gasteiger charge is 2.21. The molecule has 0 atom stereocenters. The molecule has 0 saturated carbocycles. The maximum Gasteiger partial charge on any atom is 0.205 e. The summed E-state index contributed by atoms with van der Waals surface area (Å²) in [5, 5.41) is 0.981. The van der Waals surface area contributed by atoms with Crippen LogP contribution in [0.3, 0.4) is 0 Å². The van der Waals surface area contributed by atoms with E-state index in [2.05, 4.69) is 33.0 Å². The number of ether oxygens (including phenoxy) is 1. The van der Waals surface area contributed by atoms with Gasteiger partial charge in [0.15, 0.2) is 11.6 Å². The maximum absolute atomic E-state index is 13.8. The van der Waals surface area contributed by atoms with Gasteiger partial charge in [-0.2, -0.15) is 4.37 Å². The van der Waals surface area contributed by atoms with Crippen molar-refractivity contribution < 1.29 is 9.13 Å². The highest BCUT2D eigenvalue weighted by molar-refractivity contribution is 7.09. The molecule has 0 unspecified atom stereocenters. The Morgan fingerprint density at radius 1 is 1.17 bits per heavy atom. The van der Waals surface area contributed by atoms with Crippen molar-refractivity contribution in [2.75, 3.05) is 43.1 Å². The highest BCUT2D eigenvalue weighted by Crippen LogP contribution is 2.26. The highest BCUT2D eigenvalue weighted by atomic mass is 32.1. The van der Waals surface area contributed by atoms with E-state index >= 15 is 0 Å². The van der Waals surface area contributed by atoms with Crippen molar-refractivity contribution in [1.29, 1.82) is 0 Å². The molecule has 0 bridgehead atoms. The van der Waals surface area contributed by atoms with Gasteiger partial charge in [-0.1, -0.05) is 13.8 Å². The molecule has 1 fully saturated rings. The molecule has 124 valence electrons. The first kappa shape index (κ1) is 16.0. The van der Waals surface area contributed by atoms with Crippen LogP contribution in [0.2, 0.25) is 0 Å². The molecule has 0 amide bonds. The molecule has 0 radical (unpaired) electrons. The second-order valence-electron chi connectivity index (χ2n) is 5.88. The van der Waals surface area contributed by atoms with E-state index < -0.39 is 0 Å². The second-order valence-corrected chi connectivity index (χ2v) is 6.61. The van der Waals surface area contributed by atoms with Crippen molar-refractivity contribution in [2.24, 2.45) is 0 Å². The lowest BCUT2D eigenvalue weighted by atomic mass is 10.2. The Morgan fingerprint density at radius 2 is 1.87 bits per heavy atom. The van der Waals surface area contributed by atoms with Crippen molar-refractivity contribution in [1.82, 2.24) is 9.36 Å². The molecule has 0 N–H and O–H groups in total. The largest absolute Gasteiger partial charge is 0.494 e. The molecule has 2 aromatic rings. The van der Waals surface area contributed by atoms with Crippen LogP contribution in [0.15, 0.2) is 18.2 Å². The van der Waals surface area contributed by atoms with Crippen molar-refractivity contribution in [2.45, 2.75) is 19.8 Å². The number of methoxy groups -OCH3 is 1. The number of halogens is 1. The van der Waals surface area contributed by atoms with Crippen LogP contribution in [-0.4, -0.2) is 42.6 Å². The van der Waals surface area contributed by atoms with E-state index in [0.717, 1.165) is 42.8 Å². The number of piperazine rings is 1. The van der Waals surface area contributed by atoms with Gasteiger partial charge in [-0.25, -0.2) is 9.37 Å². The minimum absolute atomic E-state index is 0.280. The Kier molecular flexibility index (Phi) is 4.66. The summed E-state index contributed by atoms with van der Waals surface area (Å²) in [6, 6.07) is 5.12. The fourth-order valence-electron chi connectivity index (χ4n) is 2.60. The van der Waals surface area contributed by atoms with Gasteiger partial charge in [-0.3, -0.25) is 0 Å². The molecule has 0 aliphatic carbocycles. The molecule has 5 nitrogen and oxygen atoms in total. The molecule has 0 spiro atoms. The third kappa shape index (κ3) is 3.39. The van der Waals surface area contributed by atoms with Crippen LogP contribution in [-0.2, 0) is 0 Å². The number of nitrogens with zero attached hydrogens (tertiary/aromatic N) is 4. The Labute approximate surface area is 139 Å². The van der Waals surface area contributed by atoms with Crippen LogP contribution in [0.1, 0.15) is 25.6 Å². The van der Waals surface area contributed by atoms with E-state index in [1.165, 1.54) is 24.7 Å². The maximum atomic E-state index is 13.8. The number of hydrogen-bond acceptors (Lipinski definition) is 6. The normalized spacial score (nSPS) is 15.3. The van der Waals surface area contributed by atoms with Crippen molar-refractivity contribution >= 4 is 22.4 Å². The monoisotopic (exact) mass is 336 g/mol. The summed E-state index contributed by atoms with van der Waals surface area (Å²) < 4.78 is 23.2. The SMILES string of the molecule is COc1ccc(N2CCN(c3nc(C(C)C)ns3)CC2)cc1F. The van der Waals surface area contributed by atoms with Gasteiger partial charge in [0.05, 0.1) is 7.11 Å². The van der Waals surface area contributed by atoms with Crippen molar-refractivity contribution in [3.8, 4) is 5.75 Å². The lowest BCUT2D eigenvalue weighted by Crippen LogP contribution is -2.46. The van der Waals surface area contributed by atoms with Crippen LogP contribution >= 0.6 is 11.5 Å². The van der Waals surface area contributed by atoms with Gasteiger partial charge in [-0.05, 0) is 12.1 Å². The Balaban J connectivity index is 1.64. The smallest absolute Gasteiger partial charge is 0.205 e. The fraction of sp³-hybridized carbons (Fsp3) is 0.500. The first-order valence-corrected chi connectivity index (χ1v) is 8.53. The van der Waals surface area contributed by atoms with Crippen molar-refractivity contribution in [3.63, 3.8) is 0 Å². The summed E-state index contributed by atoms with van der Waals surface area (Å²) in [4.78, 5) is 9.04. The number of hydrogen-bond donors (Lipinski definition) is 0. The van der Waals surface area contributed by atoms with Crippen LogP contribution in [0.4, 0.5) is 15.2 Å².